The summed E-state index contributed by atoms with van der Waals surface area (Å²) >= 11 is 0. The Morgan fingerprint density at radius 1 is 1.17 bits per heavy atom. The van der Waals surface area contributed by atoms with Crippen molar-refractivity contribution >= 4 is 5.91 Å². The zero-order chi connectivity index (χ0) is 16.8. The minimum atomic E-state index is -0.334. The number of aromatic hydroxyl groups is 1. The number of halogens is 1. The van der Waals surface area contributed by atoms with Gasteiger partial charge in [-0.25, -0.2) is 4.39 Å². The van der Waals surface area contributed by atoms with Crippen LogP contribution in [0.3, 0.4) is 0 Å². The van der Waals surface area contributed by atoms with Crippen LogP contribution in [0.2, 0.25) is 0 Å². The number of carbonyl (C=O) groups excluding carboxylic acids is 1. The molecule has 0 bridgehead atoms. The van der Waals surface area contributed by atoms with E-state index in [9.17, 15) is 14.3 Å². The first-order valence-electron chi connectivity index (χ1n) is 7.02. The lowest BCUT2D eigenvalue weighted by Crippen LogP contribution is -2.30. The number of phenolic OH excluding ortho intramolecular Hbond substituents is 1. The molecule has 0 fully saturated rings. The fraction of sp³-hybridized carbons (Fsp3) is 0.235. The standard InChI is InChI=1S/C17H18FNO4/c1-19(9-10-23-13-5-3-12(18)4-6-13)17(21)15-8-7-14(22-2)11-16(15)20/h3-8,11,20H,9-10H2,1-2H3. The Bertz CT molecular complexity index is 673. The van der Waals surface area contributed by atoms with E-state index in [1.807, 2.05) is 0 Å². The highest BCUT2D eigenvalue weighted by Gasteiger charge is 2.16. The van der Waals surface area contributed by atoms with Crippen molar-refractivity contribution < 1.29 is 23.8 Å². The zero-order valence-electron chi connectivity index (χ0n) is 13.0. The molecule has 0 saturated heterocycles. The predicted molar refractivity (Wildman–Crippen MR) is 83.5 cm³/mol. The van der Waals surface area contributed by atoms with E-state index in [0.717, 1.165) is 0 Å². The van der Waals surface area contributed by atoms with E-state index in [4.69, 9.17) is 9.47 Å². The number of amides is 1. The smallest absolute Gasteiger partial charge is 0.257 e. The van der Waals surface area contributed by atoms with Gasteiger partial charge < -0.3 is 19.5 Å². The van der Waals surface area contributed by atoms with E-state index in [2.05, 4.69) is 0 Å². The highest BCUT2D eigenvalue weighted by atomic mass is 19.1. The van der Waals surface area contributed by atoms with Gasteiger partial charge in [0, 0.05) is 13.1 Å². The van der Waals surface area contributed by atoms with Crippen molar-refractivity contribution in [3.63, 3.8) is 0 Å². The molecule has 2 aromatic carbocycles. The van der Waals surface area contributed by atoms with E-state index in [-0.39, 0.29) is 29.6 Å². The summed E-state index contributed by atoms with van der Waals surface area (Å²) < 4.78 is 23.2. The molecule has 0 radical (unpaired) electrons. The maximum atomic E-state index is 12.8. The average Bonchev–Trinajstić information content (AvgIpc) is 2.55. The van der Waals surface area contributed by atoms with Gasteiger partial charge >= 0.3 is 0 Å². The quantitative estimate of drug-likeness (QED) is 0.889. The van der Waals surface area contributed by atoms with Gasteiger partial charge in [-0.05, 0) is 36.4 Å². The maximum absolute atomic E-state index is 12.8. The van der Waals surface area contributed by atoms with Crippen LogP contribution in [0.25, 0.3) is 0 Å². The number of hydrogen-bond donors (Lipinski definition) is 1. The Balaban J connectivity index is 1.91. The molecule has 6 heteroatoms. The van der Waals surface area contributed by atoms with Crippen molar-refractivity contribution in [2.45, 2.75) is 0 Å². The maximum Gasteiger partial charge on any atom is 0.257 e. The van der Waals surface area contributed by atoms with Crippen molar-refractivity contribution in [1.82, 2.24) is 4.90 Å². The van der Waals surface area contributed by atoms with Gasteiger partial charge in [-0.15, -0.1) is 0 Å². The number of rotatable bonds is 6. The second-order valence-corrected chi connectivity index (χ2v) is 4.91. The van der Waals surface area contributed by atoms with E-state index in [1.54, 1.807) is 13.1 Å². The molecule has 0 aliphatic carbocycles. The summed E-state index contributed by atoms with van der Waals surface area (Å²) in [7, 11) is 3.09. The second-order valence-electron chi connectivity index (χ2n) is 4.91. The first-order chi connectivity index (χ1) is 11.0. The van der Waals surface area contributed by atoms with Gasteiger partial charge in [-0.1, -0.05) is 0 Å². The molecule has 0 aliphatic rings. The molecule has 0 heterocycles. The molecule has 122 valence electrons. The molecule has 0 aromatic heterocycles. The number of benzene rings is 2. The van der Waals surface area contributed by atoms with Crippen LogP contribution < -0.4 is 9.47 Å². The number of hydrogen-bond acceptors (Lipinski definition) is 4. The lowest BCUT2D eigenvalue weighted by atomic mass is 10.1. The van der Waals surface area contributed by atoms with Crippen LogP contribution in [-0.2, 0) is 0 Å². The van der Waals surface area contributed by atoms with Gasteiger partial charge in [0.2, 0.25) is 0 Å². The van der Waals surface area contributed by atoms with Gasteiger partial charge in [0.05, 0.1) is 19.2 Å². The molecule has 2 rings (SSSR count). The molecule has 23 heavy (non-hydrogen) atoms. The molecule has 0 unspecified atom stereocenters. The first kappa shape index (κ1) is 16.6. The van der Waals surface area contributed by atoms with E-state index in [0.29, 0.717) is 18.0 Å². The molecule has 0 saturated carbocycles. The summed E-state index contributed by atoms with van der Waals surface area (Å²) in [5.74, 6) is 0.203. The number of likely N-dealkylation sites (N-methyl/N-ethyl adjacent to an activating group) is 1. The van der Waals surface area contributed by atoms with Crippen LogP contribution in [0, 0.1) is 5.82 Å². The van der Waals surface area contributed by atoms with Gasteiger partial charge in [0.25, 0.3) is 5.91 Å². The minimum Gasteiger partial charge on any atom is -0.507 e. The Morgan fingerprint density at radius 2 is 1.83 bits per heavy atom. The summed E-state index contributed by atoms with van der Waals surface area (Å²) in [6.45, 7) is 0.576. The van der Waals surface area contributed by atoms with Crippen molar-refractivity contribution in [3.8, 4) is 17.2 Å². The fourth-order valence-electron chi connectivity index (χ4n) is 1.96. The molecular formula is C17H18FNO4. The largest absolute Gasteiger partial charge is 0.507 e. The number of methoxy groups -OCH3 is 1. The molecular weight excluding hydrogens is 301 g/mol. The summed E-state index contributed by atoms with van der Waals surface area (Å²) in [5.41, 5.74) is 0.190. The third-order valence-electron chi connectivity index (χ3n) is 3.29. The fourth-order valence-corrected chi connectivity index (χ4v) is 1.96. The van der Waals surface area contributed by atoms with E-state index >= 15 is 0 Å². The molecule has 0 aliphatic heterocycles. The second kappa shape index (κ2) is 7.49. The lowest BCUT2D eigenvalue weighted by molar-refractivity contribution is 0.0770. The van der Waals surface area contributed by atoms with Gasteiger partial charge in [-0.2, -0.15) is 0 Å². The van der Waals surface area contributed by atoms with E-state index in [1.165, 1.54) is 48.4 Å². The summed E-state index contributed by atoms with van der Waals surface area (Å²) in [5, 5.41) is 9.88. The number of ether oxygens (including phenoxy) is 2. The van der Waals surface area contributed by atoms with Crippen LogP contribution in [0.15, 0.2) is 42.5 Å². The Morgan fingerprint density at radius 3 is 2.43 bits per heavy atom. The van der Waals surface area contributed by atoms with Crippen LogP contribution in [0.5, 0.6) is 17.2 Å². The predicted octanol–water partition coefficient (Wildman–Crippen LogP) is 2.69. The summed E-state index contributed by atoms with van der Waals surface area (Å²) in [6, 6.07) is 10.2. The molecule has 0 spiro atoms. The highest BCUT2D eigenvalue weighted by molar-refractivity contribution is 5.96. The normalized spacial score (nSPS) is 10.2. The lowest BCUT2D eigenvalue weighted by Gasteiger charge is -2.18. The molecule has 2 aromatic rings. The number of carbonyl (C=O) groups is 1. The average molecular weight is 319 g/mol. The molecule has 1 N–H and O–H groups in total. The van der Waals surface area contributed by atoms with Crippen LogP contribution in [-0.4, -0.2) is 43.2 Å². The monoisotopic (exact) mass is 319 g/mol. The van der Waals surface area contributed by atoms with E-state index < -0.39 is 0 Å². The minimum absolute atomic E-state index is 0.138. The summed E-state index contributed by atoms with van der Waals surface area (Å²) in [4.78, 5) is 13.7. The van der Waals surface area contributed by atoms with Gasteiger partial charge in [0.15, 0.2) is 0 Å². The number of nitrogens with zero attached hydrogens (tertiary/aromatic N) is 1. The van der Waals surface area contributed by atoms with Crippen molar-refractivity contribution in [2.75, 3.05) is 27.3 Å². The van der Waals surface area contributed by atoms with Crippen LogP contribution in [0.1, 0.15) is 10.4 Å². The summed E-state index contributed by atoms with van der Waals surface area (Å²) in [6.07, 6.45) is 0. The highest BCUT2D eigenvalue weighted by Crippen LogP contribution is 2.24. The van der Waals surface area contributed by atoms with Gasteiger partial charge in [-0.3, -0.25) is 4.79 Å². The first-order valence-corrected chi connectivity index (χ1v) is 7.02. The third-order valence-corrected chi connectivity index (χ3v) is 3.29. The van der Waals surface area contributed by atoms with Crippen molar-refractivity contribution in [1.29, 1.82) is 0 Å². The van der Waals surface area contributed by atoms with Crippen molar-refractivity contribution in [3.05, 3.63) is 53.8 Å². The Hall–Kier alpha value is -2.76. The topological polar surface area (TPSA) is 59.0 Å². The van der Waals surface area contributed by atoms with Gasteiger partial charge in [0.1, 0.15) is 29.7 Å². The SMILES string of the molecule is COc1ccc(C(=O)N(C)CCOc2ccc(F)cc2)c(O)c1. The van der Waals surface area contributed by atoms with Crippen LogP contribution >= 0.6 is 0 Å². The molecule has 5 nitrogen and oxygen atoms in total. The third kappa shape index (κ3) is 4.35. The molecule has 0 atom stereocenters. The molecule has 1 amide bonds. The zero-order valence-corrected chi connectivity index (χ0v) is 13.0. The van der Waals surface area contributed by atoms with Crippen molar-refractivity contribution in [2.24, 2.45) is 0 Å². The van der Waals surface area contributed by atoms with Crippen LogP contribution in [0.4, 0.5) is 4.39 Å². The Kier molecular flexibility index (Phi) is 5.41. The Labute approximate surface area is 133 Å². The number of phenols is 1.